The average Bonchev–Trinajstić information content (AvgIpc) is 3.23. The summed E-state index contributed by atoms with van der Waals surface area (Å²) in [6, 6.07) is 13.7. The average molecular weight is 453 g/mol. The fraction of sp³-hybridized carbons (Fsp3) is 0.375. The van der Waals surface area contributed by atoms with Crippen LogP contribution in [0.4, 0.5) is 5.69 Å². The van der Waals surface area contributed by atoms with E-state index in [0.717, 1.165) is 24.4 Å². The van der Waals surface area contributed by atoms with Crippen LogP contribution in [0.5, 0.6) is 11.5 Å². The highest BCUT2D eigenvalue weighted by molar-refractivity contribution is 7.99. The smallest absolute Gasteiger partial charge is 0.234 e. The molecule has 0 fully saturated rings. The van der Waals surface area contributed by atoms with Gasteiger partial charge in [-0.3, -0.25) is 4.79 Å². The van der Waals surface area contributed by atoms with Crippen molar-refractivity contribution in [3.63, 3.8) is 0 Å². The number of amides is 1. The summed E-state index contributed by atoms with van der Waals surface area (Å²) in [5.41, 5.74) is 3.53. The van der Waals surface area contributed by atoms with E-state index in [1.807, 2.05) is 35.8 Å². The van der Waals surface area contributed by atoms with Crippen molar-refractivity contribution < 1.29 is 14.3 Å². The fourth-order valence-electron chi connectivity index (χ4n) is 3.83. The van der Waals surface area contributed by atoms with Crippen LogP contribution in [0.1, 0.15) is 36.7 Å². The van der Waals surface area contributed by atoms with Crippen molar-refractivity contribution in [2.75, 3.05) is 18.2 Å². The second-order valence-corrected chi connectivity index (χ2v) is 8.58. The van der Waals surface area contributed by atoms with Crippen LogP contribution in [-0.4, -0.2) is 33.5 Å². The number of benzene rings is 2. The lowest BCUT2D eigenvalue weighted by Gasteiger charge is -2.16. The highest BCUT2D eigenvalue weighted by atomic mass is 32.2. The zero-order valence-electron chi connectivity index (χ0n) is 18.5. The number of ether oxygens (including phenoxy) is 2. The number of fused-ring (bicyclic) bond motifs is 1. The van der Waals surface area contributed by atoms with Crippen molar-refractivity contribution in [2.24, 2.45) is 0 Å². The number of nitrogens with one attached hydrogen (secondary N) is 1. The molecule has 0 atom stereocenters. The molecule has 0 spiro atoms. The Morgan fingerprint density at radius 3 is 2.75 bits per heavy atom. The molecule has 7 nitrogen and oxygen atoms in total. The quantitative estimate of drug-likeness (QED) is 0.482. The van der Waals surface area contributed by atoms with E-state index in [9.17, 15) is 4.79 Å². The van der Waals surface area contributed by atoms with Crippen molar-refractivity contribution in [2.45, 2.75) is 50.9 Å². The predicted octanol–water partition coefficient (Wildman–Crippen LogP) is 4.50. The van der Waals surface area contributed by atoms with E-state index >= 15 is 0 Å². The molecule has 8 heteroatoms. The lowest BCUT2D eigenvalue weighted by molar-refractivity contribution is -0.113. The van der Waals surface area contributed by atoms with Crippen LogP contribution in [0.2, 0.25) is 0 Å². The number of methoxy groups -OCH3 is 1. The van der Waals surface area contributed by atoms with Gasteiger partial charge in [-0.05, 0) is 68.0 Å². The summed E-state index contributed by atoms with van der Waals surface area (Å²) in [6.45, 7) is 3.08. The number of hydrogen-bond donors (Lipinski definition) is 1. The van der Waals surface area contributed by atoms with E-state index in [1.165, 1.54) is 35.7 Å². The first kappa shape index (κ1) is 22.2. The molecule has 1 aromatic heterocycles. The van der Waals surface area contributed by atoms with Crippen molar-refractivity contribution >= 4 is 23.4 Å². The van der Waals surface area contributed by atoms with E-state index < -0.39 is 0 Å². The van der Waals surface area contributed by atoms with Gasteiger partial charge < -0.3 is 19.4 Å². The molecule has 32 heavy (non-hydrogen) atoms. The molecule has 0 bridgehead atoms. The van der Waals surface area contributed by atoms with Gasteiger partial charge in [0.05, 0.1) is 12.9 Å². The Bertz CT molecular complexity index is 1080. The second kappa shape index (κ2) is 10.5. The molecule has 1 N–H and O–H groups in total. The summed E-state index contributed by atoms with van der Waals surface area (Å²) >= 11 is 1.36. The molecule has 1 aliphatic rings. The number of aromatic nitrogens is 3. The van der Waals surface area contributed by atoms with E-state index in [1.54, 1.807) is 13.2 Å². The van der Waals surface area contributed by atoms with Crippen LogP contribution in [-0.2, 0) is 30.8 Å². The van der Waals surface area contributed by atoms with Gasteiger partial charge >= 0.3 is 0 Å². The first-order valence-electron chi connectivity index (χ1n) is 10.9. The summed E-state index contributed by atoms with van der Waals surface area (Å²) in [5.74, 6) is 2.44. The Morgan fingerprint density at radius 1 is 1.09 bits per heavy atom. The largest absolute Gasteiger partial charge is 0.497 e. The Labute approximate surface area is 192 Å². The first-order valence-corrected chi connectivity index (χ1v) is 11.9. The van der Waals surface area contributed by atoms with Crippen LogP contribution >= 0.6 is 11.8 Å². The molecule has 1 heterocycles. The number of carbonyl (C=O) groups excluding carboxylic acids is 1. The van der Waals surface area contributed by atoms with E-state index in [0.29, 0.717) is 29.7 Å². The molecule has 4 rings (SSSR count). The summed E-state index contributed by atoms with van der Waals surface area (Å²) < 4.78 is 13.2. The molecule has 2 aromatic carbocycles. The maximum atomic E-state index is 12.4. The van der Waals surface area contributed by atoms with Gasteiger partial charge in [0.2, 0.25) is 5.91 Å². The topological polar surface area (TPSA) is 78.3 Å². The Balaban J connectivity index is 1.33. The van der Waals surface area contributed by atoms with E-state index in [4.69, 9.17) is 9.47 Å². The number of aryl methyl sites for hydroxylation is 2. The minimum absolute atomic E-state index is 0.110. The Kier molecular flexibility index (Phi) is 7.32. The van der Waals surface area contributed by atoms with Gasteiger partial charge in [-0.25, -0.2) is 0 Å². The highest BCUT2D eigenvalue weighted by Gasteiger charge is 2.15. The number of hydrogen-bond acceptors (Lipinski definition) is 6. The molecule has 1 aliphatic carbocycles. The normalized spacial score (nSPS) is 12.8. The van der Waals surface area contributed by atoms with Crippen molar-refractivity contribution in [3.8, 4) is 11.5 Å². The number of carbonyl (C=O) groups is 1. The maximum Gasteiger partial charge on any atom is 0.234 e. The molecule has 3 aromatic rings. The molecule has 0 radical (unpaired) electrons. The minimum atomic E-state index is -0.110. The van der Waals surface area contributed by atoms with Gasteiger partial charge in [-0.2, -0.15) is 0 Å². The van der Waals surface area contributed by atoms with Gasteiger partial charge in [0, 0.05) is 18.3 Å². The molecule has 0 unspecified atom stereocenters. The van der Waals surface area contributed by atoms with Gasteiger partial charge in [0.1, 0.15) is 18.1 Å². The van der Waals surface area contributed by atoms with Gasteiger partial charge in [0.25, 0.3) is 0 Å². The number of nitrogens with zero attached hydrogens (tertiary/aromatic N) is 3. The summed E-state index contributed by atoms with van der Waals surface area (Å²) in [5, 5.41) is 12.2. The van der Waals surface area contributed by atoms with E-state index in [2.05, 4.69) is 27.6 Å². The molecule has 0 saturated heterocycles. The fourth-order valence-corrected chi connectivity index (χ4v) is 4.65. The number of anilines is 1. The zero-order chi connectivity index (χ0) is 22.3. The van der Waals surface area contributed by atoms with Crippen molar-refractivity contribution in [1.29, 1.82) is 0 Å². The standard InChI is InChI=1S/C24H28N4O3S/c1-3-28-22(15-31-21-12-11-17-7-4-5-8-18(17)13-21)26-27-24(28)32-16-23(29)25-19-9-6-10-20(14-19)30-2/h6,9-14H,3-5,7-8,15-16H2,1-2H3,(H,25,29). The molecule has 0 aliphatic heterocycles. The van der Waals surface area contributed by atoms with Crippen molar-refractivity contribution in [3.05, 3.63) is 59.4 Å². The van der Waals surface area contributed by atoms with Crippen LogP contribution in [0.25, 0.3) is 0 Å². The summed E-state index contributed by atoms with van der Waals surface area (Å²) in [7, 11) is 1.60. The van der Waals surface area contributed by atoms with Crippen LogP contribution in [0.3, 0.4) is 0 Å². The zero-order valence-corrected chi connectivity index (χ0v) is 19.3. The van der Waals surface area contributed by atoms with Crippen LogP contribution in [0, 0.1) is 0 Å². The second-order valence-electron chi connectivity index (χ2n) is 7.64. The molecule has 168 valence electrons. The summed E-state index contributed by atoms with van der Waals surface area (Å²) in [4.78, 5) is 12.4. The Morgan fingerprint density at radius 2 is 1.94 bits per heavy atom. The SMILES string of the molecule is CCn1c(COc2ccc3c(c2)CCCC3)nnc1SCC(=O)Nc1cccc(OC)c1. The summed E-state index contributed by atoms with van der Waals surface area (Å²) in [6.07, 6.45) is 4.79. The lowest BCUT2D eigenvalue weighted by atomic mass is 9.92. The van der Waals surface area contributed by atoms with Gasteiger partial charge in [-0.1, -0.05) is 23.9 Å². The van der Waals surface area contributed by atoms with Crippen LogP contribution < -0.4 is 14.8 Å². The Hall–Kier alpha value is -3.00. The molecular weight excluding hydrogens is 424 g/mol. The van der Waals surface area contributed by atoms with E-state index in [-0.39, 0.29) is 11.7 Å². The lowest BCUT2D eigenvalue weighted by Crippen LogP contribution is -2.15. The third-order valence-corrected chi connectivity index (χ3v) is 6.45. The third kappa shape index (κ3) is 5.43. The number of rotatable bonds is 9. The maximum absolute atomic E-state index is 12.4. The van der Waals surface area contributed by atoms with Crippen molar-refractivity contribution in [1.82, 2.24) is 14.8 Å². The first-order chi connectivity index (χ1) is 15.7. The monoisotopic (exact) mass is 452 g/mol. The molecular formula is C24H28N4O3S. The predicted molar refractivity (Wildman–Crippen MR) is 125 cm³/mol. The third-order valence-electron chi connectivity index (χ3n) is 5.48. The minimum Gasteiger partial charge on any atom is -0.497 e. The highest BCUT2D eigenvalue weighted by Crippen LogP contribution is 2.26. The number of thioether (sulfide) groups is 1. The van der Waals surface area contributed by atoms with Gasteiger partial charge in [-0.15, -0.1) is 10.2 Å². The molecule has 1 amide bonds. The van der Waals surface area contributed by atoms with Gasteiger partial charge in [0.15, 0.2) is 11.0 Å². The van der Waals surface area contributed by atoms with Crippen LogP contribution in [0.15, 0.2) is 47.6 Å². The molecule has 0 saturated carbocycles.